The van der Waals surface area contributed by atoms with Crippen molar-refractivity contribution in [2.75, 3.05) is 39.4 Å². The summed E-state index contributed by atoms with van der Waals surface area (Å²) in [5.41, 5.74) is 2.03. The van der Waals surface area contributed by atoms with E-state index in [1.54, 1.807) is 12.1 Å². The van der Waals surface area contributed by atoms with E-state index < -0.39 is 5.82 Å². The monoisotopic (exact) mass is 471 g/mol. The second kappa shape index (κ2) is 10.1. The van der Waals surface area contributed by atoms with Crippen LogP contribution in [0.1, 0.15) is 24.0 Å². The molecule has 3 fully saturated rings. The number of hydrogen-bond donors (Lipinski definition) is 0. The lowest BCUT2D eigenvalue weighted by atomic mass is 9.90. The van der Waals surface area contributed by atoms with E-state index >= 15 is 0 Å². The van der Waals surface area contributed by atoms with Gasteiger partial charge < -0.3 is 9.64 Å². The van der Waals surface area contributed by atoms with E-state index in [1.165, 1.54) is 24.5 Å². The standard InChI is InChI=1S/C26H31ClFN3O2/c27-21-14-20(8-9-22(21)28)15-25(32)31-13-12-30(16-19-6-2-1-3-7-19)24-18-33-17-23(26(24)31)29-10-4-5-11-29/h1-3,6-9,14,23-24,26H,4-5,10-13,15-18H2/t23-,24?,26?/m0/s1. The maximum Gasteiger partial charge on any atom is 0.227 e. The Morgan fingerprint density at radius 2 is 1.73 bits per heavy atom. The fraction of sp³-hybridized carbons (Fsp3) is 0.500. The van der Waals surface area contributed by atoms with Gasteiger partial charge in [-0.1, -0.05) is 48.0 Å². The summed E-state index contributed by atoms with van der Waals surface area (Å²) in [5.74, 6) is -0.376. The Morgan fingerprint density at radius 1 is 0.970 bits per heavy atom. The largest absolute Gasteiger partial charge is 0.378 e. The van der Waals surface area contributed by atoms with Crippen molar-refractivity contribution < 1.29 is 13.9 Å². The highest BCUT2D eigenvalue weighted by Crippen LogP contribution is 2.31. The van der Waals surface area contributed by atoms with Crippen molar-refractivity contribution in [1.29, 1.82) is 0 Å². The lowest BCUT2D eigenvalue weighted by molar-refractivity contribution is -0.153. The summed E-state index contributed by atoms with van der Waals surface area (Å²) in [5, 5.41) is 0.0619. The Labute approximate surface area is 200 Å². The molecule has 5 rings (SSSR count). The molecule has 3 aliphatic rings. The first kappa shape index (κ1) is 22.8. The Bertz CT molecular complexity index is 969. The van der Waals surface area contributed by atoms with Crippen LogP contribution in [-0.4, -0.2) is 78.1 Å². The molecule has 0 bridgehead atoms. The average Bonchev–Trinajstić information content (AvgIpc) is 3.37. The molecule has 0 radical (unpaired) electrons. The van der Waals surface area contributed by atoms with Crippen LogP contribution in [0.3, 0.4) is 0 Å². The molecule has 0 spiro atoms. The molecule has 3 heterocycles. The topological polar surface area (TPSA) is 36.0 Å². The molecule has 0 saturated carbocycles. The third kappa shape index (κ3) is 4.94. The number of benzene rings is 2. The Hall–Kier alpha value is -1.99. The molecule has 0 aliphatic carbocycles. The molecule has 2 aromatic rings. The molecule has 2 unspecified atom stereocenters. The van der Waals surface area contributed by atoms with Crippen LogP contribution >= 0.6 is 11.6 Å². The zero-order chi connectivity index (χ0) is 22.8. The molecule has 33 heavy (non-hydrogen) atoms. The molecule has 2 aromatic carbocycles. The van der Waals surface area contributed by atoms with Crippen molar-refractivity contribution in [1.82, 2.24) is 14.7 Å². The highest BCUT2D eigenvalue weighted by Gasteiger charge is 2.47. The Morgan fingerprint density at radius 3 is 2.48 bits per heavy atom. The van der Waals surface area contributed by atoms with E-state index in [4.69, 9.17) is 16.3 Å². The number of rotatable bonds is 5. The summed E-state index contributed by atoms with van der Waals surface area (Å²) >= 11 is 5.97. The van der Waals surface area contributed by atoms with Crippen LogP contribution in [0.15, 0.2) is 48.5 Å². The van der Waals surface area contributed by atoms with Crippen LogP contribution < -0.4 is 0 Å². The van der Waals surface area contributed by atoms with Gasteiger partial charge in [0.05, 0.1) is 42.8 Å². The quantitative estimate of drug-likeness (QED) is 0.667. The molecule has 7 heteroatoms. The number of amides is 1. The average molecular weight is 472 g/mol. The maximum atomic E-state index is 13.6. The first-order chi connectivity index (χ1) is 16.1. The molecule has 3 atom stereocenters. The normalized spacial score (nSPS) is 26.4. The smallest absolute Gasteiger partial charge is 0.227 e. The molecule has 5 nitrogen and oxygen atoms in total. The fourth-order valence-electron chi connectivity index (χ4n) is 5.68. The lowest BCUT2D eigenvalue weighted by Gasteiger charge is -2.54. The van der Waals surface area contributed by atoms with Crippen LogP contribution in [0.25, 0.3) is 0 Å². The minimum Gasteiger partial charge on any atom is -0.378 e. The van der Waals surface area contributed by atoms with Crippen LogP contribution in [-0.2, 0) is 22.5 Å². The van der Waals surface area contributed by atoms with Crippen molar-refractivity contribution in [3.63, 3.8) is 0 Å². The van der Waals surface area contributed by atoms with Crippen molar-refractivity contribution in [3.05, 3.63) is 70.5 Å². The third-order valence-electron chi connectivity index (χ3n) is 7.32. The van der Waals surface area contributed by atoms with Gasteiger partial charge in [0.15, 0.2) is 0 Å². The SMILES string of the molecule is O=C(Cc1ccc(F)c(Cl)c1)N1CCN(Cc2ccccc2)C2COC[C@H](N3CCCC3)C21. The fourth-order valence-corrected chi connectivity index (χ4v) is 5.88. The lowest BCUT2D eigenvalue weighted by Crippen LogP contribution is -2.71. The first-order valence-electron chi connectivity index (χ1n) is 11.9. The summed E-state index contributed by atoms with van der Waals surface area (Å²) in [7, 11) is 0. The van der Waals surface area contributed by atoms with Gasteiger partial charge in [0.25, 0.3) is 0 Å². The number of fused-ring (bicyclic) bond motifs is 1. The van der Waals surface area contributed by atoms with Gasteiger partial charge in [0.1, 0.15) is 5.82 Å². The molecule has 0 N–H and O–H groups in total. The molecular weight excluding hydrogens is 441 g/mol. The van der Waals surface area contributed by atoms with Gasteiger partial charge in [-0.15, -0.1) is 0 Å². The molecule has 176 valence electrons. The van der Waals surface area contributed by atoms with E-state index in [-0.39, 0.29) is 35.5 Å². The van der Waals surface area contributed by atoms with Gasteiger partial charge in [-0.2, -0.15) is 0 Å². The number of carbonyl (C=O) groups is 1. The number of piperazine rings is 1. The predicted molar refractivity (Wildman–Crippen MR) is 127 cm³/mol. The van der Waals surface area contributed by atoms with Crippen molar-refractivity contribution in [2.45, 2.75) is 43.9 Å². The van der Waals surface area contributed by atoms with Gasteiger partial charge in [-0.3, -0.25) is 14.6 Å². The number of ether oxygens (including phenoxy) is 1. The zero-order valence-electron chi connectivity index (χ0n) is 18.8. The second-order valence-electron chi connectivity index (χ2n) is 9.37. The van der Waals surface area contributed by atoms with Crippen molar-refractivity contribution in [2.24, 2.45) is 0 Å². The summed E-state index contributed by atoms with van der Waals surface area (Å²) in [6.45, 7) is 5.76. The van der Waals surface area contributed by atoms with E-state index in [0.29, 0.717) is 19.8 Å². The summed E-state index contributed by atoms with van der Waals surface area (Å²) in [6, 6.07) is 15.5. The summed E-state index contributed by atoms with van der Waals surface area (Å²) in [6.07, 6.45) is 2.63. The van der Waals surface area contributed by atoms with Crippen molar-refractivity contribution in [3.8, 4) is 0 Å². The molecule has 3 saturated heterocycles. The van der Waals surface area contributed by atoms with E-state index in [1.807, 2.05) is 6.07 Å². The summed E-state index contributed by atoms with van der Waals surface area (Å²) < 4.78 is 19.7. The minimum atomic E-state index is -0.457. The van der Waals surface area contributed by atoms with Gasteiger partial charge in [-0.05, 0) is 49.2 Å². The minimum absolute atomic E-state index is 0.0619. The van der Waals surface area contributed by atoms with E-state index in [0.717, 1.165) is 31.7 Å². The van der Waals surface area contributed by atoms with Gasteiger partial charge in [0.2, 0.25) is 5.91 Å². The van der Waals surface area contributed by atoms with E-state index in [2.05, 4.69) is 39.0 Å². The van der Waals surface area contributed by atoms with Crippen LogP contribution in [0.2, 0.25) is 5.02 Å². The molecule has 1 amide bonds. The number of halogens is 2. The third-order valence-corrected chi connectivity index (χ3v) is 7.61. The highest BCUT2D eigenvalue weighted by molar-refractivity contribution is 6.30. The molecular formula is C26H31ClFN3O2. The van der Waals surface area contributed by atoms with Crippen LogP contribution in [0, 0.1) is 5.82 Å². The van der Waals surface area contributed by atoms with Crippen molar-refractivity contribution >= 4 is 17.5 Å². The first-order valence-corrected chi connectivity index (χ1v) is 12.3. The number of nitrogens with zero attached hydrogens (tertiary/aromatic N) is 3. The van der Waals surface area contributed by atoms with Crippen LogP contribution in [0.4, 0.5) is 4.39 Å². The van der Waals surface area contributed by atoms with Gasteiger partial charge in [0, 0.05) is 19.6 Å². The maximum absolute atomic E-state index is 13.6. The van der Waals surface area contributed by atoms with E-state index in [9.17, 15) is 9.18 Å². The molecule has 3 aliphatic heterocycles. The number of carbonyl (C=O) groups excluding carboxylic acids is 1. The Balaban J connectivity index is 1.39. The highest BCUT2D eigenvalue weighted by atomic mass is 35.5. The number of hydrogen-bond acceptors (Lipinski definition) is 4. The van der Waals surface area contributed by atoms with Gasteiger partial charge >= 0.3 is 0 Å². The summed E-state index contributed by atoms with van der Waals surface area (Å²) in [4.78, 5) is 20.6. The van der Waals surface area contributed by atoms with Gasteiger partial charge in [-0.25, -0.2) is 4.39 Å². The second-order valence-corrected chi connectivity index (χ2v) is 9.78. The Kier molecular flexibility index (Phi) is 6.97. The molecule has 0 aromatic heterocycles. The number of likely N-dealkylation sites (tertiary alicyclic amines) is 1. The van der Waals surface area contributed by atoms with Crippen LogP contribution in [0.5, 0.6) is 0 Å². The predicted octanol–water partition coefficient (Wildman–Crippen LogP) is 3.60. The zero-order valence-corrected chi connectivity index (χ0v) is 19.6.